The maximum atomic E-state index is 12.9. The third-order valence-electron chi connectivity index (χ3n) is 3.80. The van der Waals surface area contributed by atoms with Crippen molar-refractivity contribution in [3.05, 3.63) is 35.4 Å². The van der Waals surface area contributed by atoms with Crippen LogP contribution in [-0.4, -0.2) is 12.3 Å². The molecular weight excluding hydrogens is 255 g/mol. The summed E-state index contributed by atoms with van der Waals surface area (Å²) in [6.45, 7) is 0.352. The highest BCUT2D eigenvalue weighted by atomic mass is 19.4. The van der Waals surface area contributed by atoms with Gasteiger partial charge < -0.3 is 5.73 Å². The number of Topliss-reactive ketones (excluding diaryl/α,β-unsaturated/α-hetero) is 1. The molecule has 5 heteroatoms. The van der Waals surface area contributed by atoms with E-state index >= 15 is 0 Å². The Balaban J connectivity index is 2.34. The van der Waals surface area contributed by atoms with Crippen molar-refractivity contribution < 1.29 is 18.0 Å². The van der Waals surface area contributed by atoms with Gasteiger partial charge in [-0.3, -0.25) is 4.79 Å². The smallest absolute Gasteiger partial charge is 0.330 e. The van der Waals surface area contributed by atoms with Crippen molar-refractivity contribution in [2.45, 2.75) is 25.4 Å². The molecule has 0 radical (unpaired) electrons. The van der Waals surface area contributed by atoms with Crippen molar-refractivity contribution in [3.63, 3.8) is 0 Å². The molecule has 0 saturated heterocycles. The van der Waals surface area contributed by atoms with Crippen LogP contribution >= 0.6 is 0 Å². The lowest BCUT2D eigenvalue weighted by molar-refractivity contribution is -0.137. The molecular formula is C14H16F3NO. The quantitative estimate of drug-likeness (QED) is 0.857. The summed E-state index contributed by atoms with van der Waals surface area (Å²) >= 11 is 0. The average Bonchev–Trinajstić information content (AvgIpc) is 2.85. The minimum atomic E-state index is -4.50. The first-order valence-electron chi connectivity index (χ1n) is 6.35. The second-order valence-corrected chi connectivity index (χ2v) is 4.94. The van der Waals surface area contributed by atoms with E-state index in [0.29, 0.717) is 13.0 Å². The van der Waals surface area contributed by atoms with Gasteiger partial charge in [0, 0.05) is 11.5 Å². The second kappa shape index (κ2) is 5.33. The summed E-state index contributed by atoms with van der Waals surface area (Å²) < 4.78 is 38.7. The summed E-state index contributed by atoms with van der Waals surface area (Å²) in [7, 11) is 0. The van der Waals surface area contributed by atoms with E-state index in [2.05, 4.69) is 0 Å². The summed E-state index contributed by atoms with van der Waals surface area (Å²) in [5.74, 6) is -0.775. The Kier molecular flexibility index (Phi) is 3.94. The Bertz CT molecular complexity index is 470. The van der Waals surface area contributed by atoms with E-state index in [1.165, 1.54) is 18.2 Å². The van der Waals surface area contributed by atoms with Crippen LogP contribution in [0, 0.1) is 11.8 Å². The maximum absolute atomic E-state index is 12.9. The van der Waals surface area contributed by atoms with Gasteiger partial charge in [-0.15, -0.1) is 0 Å². The van der Waals surface area contributed by atoms with Crippen molar-refractivity contribution in [2.75, 3.05) is 6.54 Å². The van der Waals surface area contributed by atoms with E-state index < -0.39 is 17.5 Å². The first-order valence-corrected chi connectivity index (χ1v) is 6.35. The van der Waals surface area contributed by atoms with Gasteiger partial charge in [0.2, 0.25) is 0 Å². The Hall–Kier alpha value is -1.36. The van der Waals surface area contributed by atoms with Crippen LogP contribution in [0.25, 0.3) is 0 Å². The van der Waals surface area contributed by atoms with Crippen LogP contribution in [0.4, 0.5) is 13.2 Å². The fourth-order valence-electron chi connectivity index (χ4n) is 2.81. The average molecular weight is 271 g/mol. The van der Waals surface area contributed by atoms with Crippen LogP contribution in [0.2, 0.25) is 0 Å². The molecule has 0 aliphatic heterocycles. The molecule has 0 bridgehead atoms. The van der Waals surface area contributed by atoms with Gasteiger partial charge in [0.1, 0.15) is 0 Å². The summed E-state index contributed by atoms with van der Waals surface area (Å²) in [4.78, 5) is 12.3. The number of alkyl halides is 3. The zero-order valence-corrected chi connectivity index (χ0v) is 10.4. The zero-order valence-electron chi connectivity index (χ0n) is 10.4. The molecule has 2 N–H and O–H groups in total. The maximum Gasteiger partial charge on any atom is 0.417 e. The first kappa shape index (κ1) is 14.1. The Labute approximate surface area is 109 Å². The zero-order chi connectivity index (χ0) is 14.0. The van der Waals surface area contributed by atoms with Crippen molar-refractivity contribution >= 4 is 5.78 Å². The van der Waals surface area contributed by atoms with Crippen molar-refractivity contribution in [2.24, 2.45) is 17.6 Å². The molecule has 1 saturated carbocycles. The summed E-state index contributed by atoms with van der Waals surface area (Å²) in [5, 5.41) is 0. The Morgan fingerprint density at radius 3 is 2.58 bits per heavy atom. The number of hydrogen-bond donors (Lipinski definition) is 1. The lowest BCUT2D eigenvalue weighted by Gasteiger charge is -2.19. The largest absolute Gasteiger partial charge is 0.417 e. The minimum Gasteiger partial charge on any atom is -0.330 e. The van der Waals surface area contributed by atoms with Crippen molar-refractivity contribution in [1.29, 1.82) is 0 Å². The number of benzene rings is 1. The molecule has 19 heavy (non-hydrogen) atoms. The number of hydrogen-bond acceptors (Lipinski definition) is 2. The molecule has 1 aromatic carbocycles. The molecule has 1 aliphatic rings. The molecule has 0 spiro atoms. The molecule has 2 atom stereocenters. The van der Waals surface area contributed by atoms with Gasteiger partial charge in [0.25, 0.3) is 0 Å². The summed E-state index contributed by atoms with van der Waals surface area (Å²) in [6.07, 6.45) is -2.19. The van der Waals surface area contributed by atoms with E-state index in [-0.39, 0.29) is 17.4 Å². The standard InChI is InChI=1S/C14H16F3NO/c15-14(16,17)12-7-2-1-5-11(12)13(19)10-6-3-4-9(10)8-18/h1-2,5,7,9-10H,3-4,6,8,18H2. The van der Waals surface area contributed by atoms with E-state index in [9.17, 15) is 18.0 Å². The predicted molar refractivity (Wildman–Crippen MR) is 65.7 cm³/mol. The van der Waals surface area contributed by atoms with Gasteiger partial charge in [-0.25, -0.2) is 0 Å². The fourth-order valence-corrected chi connectivity index (χ4v) is 2.81. The number of nitrogens with two attached hydrogens (primary N) is 1. The van der Waals surface area contributed by atoms with E-state index in [4.69, 9.17) is 5.73 Å². The molecule has 2 rings (SSSR count). The number of ketones is 1. The molecule has 104 valence electrons. The van der Waals surface area contributed by atoms with Gasteiger partial charge in [-0.05, 0) is 31.4 Å². The second-order valence-electron chi connectivity index (χ2n) is 4.94. The molecule has 1 aliphatic carbocycles. The third-order valence-corrected chi connectivity index (χ3v) is 3.80. The number of rotatable bonds is 3. The normalized spacial score (nSPS) is 23.6. The molecule has 2 unspecified atom stereocenters. The number of carbonyl (C=O) groups is 1. The summed E-state index contributed by atoms with van der Waals surface area (Å²) in [6, 6.07) is 4.99. The predicted octanol–water partition coefficient (Wildman–Crippen LogP) is 3.26. The number of carbonyl (C=O) groups excluding carboxylic acids is 1. The molecule has 1 fully saturated rings. The van der Waals surface area contributed by atoms with Crippen LogP contribution in [-0.2, 0) is 6.18 Å². The van der Waals surface area contributed by atoms with Crippen molar-refractivity contribution in [1.82, 2.24) is 0 Å². The van der Waals surface area contributed by atoms with Crippen LogP contribution in [0.3, 0.4) is 0 Å². The fraction of sp³-hybridized carbons (Fsp3) is 0.500. The molecule has 0 aromatic heterocycles. The van der Waals surface area contributed by atoms with Gasteiger partial charge in [-0.2, -0.15) is 13.2 Å². The third kappa shape index (κ3) is 2.81. The van der Waals surface area contributed by atoms with E-state index in [1.807, 2.05) is 0 Å². The SMILES string of the molecule is NCC1CCCC1C(=O)c1ccccc1C(F)(F)F. The van der Waals surface area contributed by atoms with Gasteiger partial charge in [0.15, 0.2) is 5.78 Å². The lowest BCUT2D eigenvalue weighted by atomic mass is 9.86. The van der Waals surface area contributed by atoms with Gasteiger partial charge >= 0.3 is 6.18 Å². The van der Waals surface area contributed by atoms with Gasteiger partial charge in [0.05, 0.1) is 5.56 Å². The lowest BCUT2D eigenvalue weighted by Crippen LogP contribution is -2.27. The summed E-state index contributed by atoms with van der Waals surface area (Å²) in [5.41, 5.74) is 4.52. The monoisotopic (exact) mass is 271 g/mol. The molecule has 0 heterocycles. The van der Waals surface area contributed by atoms with Gasteiger partial charge in [-0.1, -0.05) is 24.6 Å². The van der Waals surface area contributed by atoms with Crippen LogP contribution in [0.1, 0.15) is 35.2 Å². The van der Waals surface area contributed by atoms with Crippen LogP contribution in [0.5, 0.6) is 0 Å². The van der Waals surface area contributed by atoms with E-state index in [0.717, 1.165) is 18.9 Å². The topological polar surface area (TPSA) is 43.1 Å². The Morgan fingerprint density at radius 2 is 1.95 bits per heavy atom. The first-order chi connectivity index (χ1) is 8.95. The highest BCUT2D eigenvalue weighted by Crippen LogP contribution is 2.37. The molecule has 1 aromatic rings. The highest BCUT2D eigenvalue weighted by Gasteiger charge is 2.39. The molecule has 2 nitrogen and oxygen atoms in total. The van der Waals surface area contributed by atoms with Crippen molar-refractivity contribution in [3.8, 4) is 0 Å². The van der Waals surface area contributed by atoms with E-state index in [1.54, 1.807) is 0 Å². The molecule has 0 amide bonds. The highest BCUT2D eigenvalue weighted by molar-refractivity contribution is 5.99. The minimum absolute atomic E-state index is 0.00814. The number of halogens is 3. The van der Waals surface area contributed by atoms with Crippen LogP contribution in [0.15, 0.2) is 24.3 Å². The Morgan fingerprint density at radius 1 is 1.26 bits per heavy atom. The van der Waals surface area contributed by atoms with Crippen LogP contribution < -0.4 is 5.73 Å².